The average Bonchev–Trinajstić information content (AvgIpc) is 2.55. The Morgan fingerprint density at radius 2 is 1.76 bits per heavy atom. The molecule has 0 aliphatic carbocycles. The van der Waals surface area contributed by atoms with Crippen LogP contribution in [0.4, 0.5) is 10.1 Å². The number of rotatable bonds is 5. The molecule has 25 heavy (non-hydrogen) atoms. The van der Waals surface area contributed by atoms with Crippen molar-refractivity contribution in [1.29, 1.82) is 0 Å². The molecule has 0 bridgehead atoms. The van der Waals surface area contributed by atoms with Crippen molar-refractivity contribution in [2.75, 3.05) is 5.32 Å². The van der Waals surface area contributed by atoms with Gasteiger partial charge in [-0.3, -0.25) is 9.59 Å². The minimum Gasteiger partial charge on any atom is -0.340 e. The zero-order chi connectivity index (χ0) is 18.6. The van der Waals surface area contributed by atoms with Gasteiger partial charge in [-0.2, -0.15) is 0 Å². The second-order valence-corrected chi connectivity index (χ2v) is 6.63. The third-order valence-electron chi connectivity index (χ3n) is 3.54. The molecule has 2 N–H and O–H groups in total. The fraction of sp³-hybridized carbons (Fsp3) is 0.222. The van der Waals surface area contributed by atoms with E-state index in [4.69, 9.17) is 23.2 Å². The summed E-state index contributed by atoms with van der Waals surface area (Å²) >= 11 is 11.9. The Kier molecular flexibility index (Phi) is 6.39. The van der Waals surface area contributed by atoms with E-state index in [-0.39, 0.29) is 11.5 Å². The topological polar surface area (TPSA) is 58.2 Å². The van der Waals surface area contributed by atoms with E-state index in [9.17, 15) is 14.0 Å². The first-order chi connectivity index (χ1) is 11.8. The molecule has 0 saturated carbocycles. The van der Waals surface area contributed by atoms with Crippen molar-refractivity contribution >= 4 is 40.7 Å². The molecule has 0 aromatic heterocycles. The summed E-state index contributed by atoms with van der Waals surface area (Å²) in [5.41, 5.74) is 0.215. The van der Waals surface area contributed by atoms with Gasteiger partial charge in [0.25, 0.3) is 5.91 Å². The van der Waals surface area contributed by atoms with Crippen LogP contribution in [0.15, 0.2) is 42.5 Å². The summed E-state index contributed by atoms with van der Waals surface area (Å²) < 4.78 is 13.7. The number of anilines is 1. The van der Waals surface area contributed by atoms with E-state index < -0.39 is 23.7 Å². The number of carbonyl (C=O) groups excluding carboxylic acids is 2. The van der Waals surface area contributed by atoms with Gasteiger partial charge >= 0.3 is 0 Å². The first-order valence-electron chi connectivity index (χ1n) is 7.61. The smallest absolute Gasteiger partial charge is 0.254 e. The normalized spacial score (nSPS) is 11.9. The van der Waals surface area contributed by atoms with Gasteiger partial charge < -0.3 is 10.6 Å². The SMILES string of the molecule is CC(C)[C@H](NC(=O)c1ccccc1F)C(=O)Nc1cc(Cl)ccc1Cl. The molecule has 1 atom stereocenters. The maximum absolute atomic E-state index is 13.7. The molecule has 0 spiro atoms. The summed E-state index contributed by atoms with van der Waals surface area (Å²) in [4.78, 5) is 24.8. The number of amides is 2. The highest BCUT2D eigenvalue weighted by Crippen LogP contribution is 2.25. The van der Waals surface area contributed by atoms with Crippen molar-refractivity contribution in [3.63, 3.8) is 0 Å². The molecule has 0 aliphatic rings. The monoisotopic (exact) mass is 382 g/mol. The van der Waals surface area contributed by atoms with Crippen LogP contribution in [0.1, 0.15) is 24.2 Å². The van der Waals surface area contributed by atoms with Crippen molar-refractivity contribution in [1.82, 2.24) is 5.32 Å². The largest absolute Gasteiger partial charge is 0.340 e. The average molecular weight is 383 g/mol. The maximum Gasteiger partial charge on any atom is 0.254 e. The van der Waals surface area contributed by atoms with Crippen LogP contribution in [0, 0.1) is 11.7 Å². The van der Waals surface area contributed by atoms with Gasteiger partial charge in [0.2, 0.25) is 5.91 Å². The summed E-state index contributed by atoms with van der Waals surface area (Å²) in [6.45, 7) is 3.54. The van der Waals surface area contributed by atoms with Crippen LogP contribution >= 0.6 is 23.2 Å². The predicted molar refractivity (Wildman–Crippen MR) is 97.6 cm³/mol. The number of hydrogen-bond donors (Lipinski definition) is 2. The van der Waals surface area contributed by atoms with Gasteiger partial charge in [0.1, 0.15) is 11.9 Å². The molecule has 0 heterocycles. The lowest BCUT2D eigenvalue weighted by Crippen LogP contribution is -2.47. The lowest BCUT2D eigenvalue weighted by molar-refractivity contribution is -0.118. The number of halogens is 3. The van der Waals surface area contributed by atoms with E-state index in [1.54, 1.807) is 32.0 Å². The minimum atomic E-state index is -0.873. The standard InChI is InChI=1S/C18H17Cl2FN2O2/c1-10(2)16(23-17(24)12-5-3-4-6-14(12)21)18(25)22-15-9-11(19)7-8-13(15)20/h3-10,16H,1-2H3,(H,22,25)(H,23,24)/t16-/m0/s1. The van der Waals surface area contributed by atoms with E-state index in [1.807, 2.05) is 0 Å². The number of benzene rings is 2. The lowest BCUT2D eigenvalue weighted by atomic mass is 10.0. The first-order valence-corrected chi connectivity index (χ1v) is 8.36. The zero-order valence-electron chi connectivity index (χ0n) is 13.6. The quantitative estimate of drug-likeness (QED) is 0.797. The van der Waals surface area contributed by atoms with Gasteiger partial charge in [0, 0.05) is 5.02 Å². The van der Waals surface area contributed by atoms with Crippen LogP contribution in [0.2, 0.25) is 10.0 Å². The van der Waals surface area contributed by atoms with Crippen molar-refractivity contribution in [3.05, 3.63) is 63.9 Å². The Morgan fingerprint density at radius 3 is 2.40 bits per heavy atom. The molecular weight excluding hydrogens is 366 g/mol. The Bertz CT molecular complexity index is 796. The van der Waals surface area contributed by atoms with E-state index >= 15 is 0 Å². The van der Waals surface area contributed by atoms with Crippen LogP contribution in [0.3, 0.4) is 0 Å². The van der Waals surface area contributed by atoms with Crippen molar-refractivity contribution in [3.8, 4) is 0 Å². The number of nitrogens with one attached hydrogen (secondary N) is 2. The molecule has 0 fully saturated rings. The lowest BCUT2D eigenvalue weighted by Gasteiger charge is -2.22. The predicted octanol–water partition coefficient (Wildman–Crippen LogP) is 4.53. The summed E-state index contributed by atoms with van der Waals surface area (Å²) in [5, 5.41) is 5.93. The molecule has 2 rings (SSSR count). The maximum atomic E-state index is 13.7. The fourth-order valence-corrected chi connectivity index (χ4v) is 2.54. The molecule has 132 valence electrons. The van der Waals surface area contributed by atoms with Gasteiger partial charge in [-0.05, 0) is 36.2 Å². The van der Waals surface area contributed by atoms with Crippen LogP contribution in [-0.4, -0.2) is 17.9 Å². The summed E-state index contributed by atoms with van der Waals surface area (Å²) in [6.07, 6.45) is 0. The summed E-state index contributed by atoms with van der Waals surface area (Å²) in [5.74, 6) is -2.01. The fourth-order valence-electron chi connectivity index (χ4n) is 2.20. The van der Waals surface area contributed by atoms with E-state index in [2.05, 4.69) is 10.6 Å². The molecular formula is C18H17Cl2FN2O2. The molecule has 0 aliphatic heterocycles. The van der Waals surface area contributed by atoms with Gasteiger partial charge in [-0.15, -0.1) is 0 Å². The minimum absolute atomic E-state index is 0.123. The number of carbonyl (C=O) groups is 2. The molecule has 4 nitrogen and oxygen atoms in total. The number of hydrogen-bond acceptors (Lipinski definition) is 2. The van der Waals surface area contributed by atoms with E-state index in [1.165, 1.54) is 24.3 Å². The highest BCUT2D eigenvalue weighted by Gasteiger charge is 2.26. The van der Waals surface area contributed by atoms with Crippen LogP contribution in [0.25, 0.3) is 0 Å². The van der Waals surface area contributed by atoms with Crippen LogP contribution < -0.4 is 10.6 Å². The second kappa shape index (κ2) is 8.32. The van der Waals surface area contributed by atoms with Crippen molar-refractivity contribution < 1.29 is 14.0 Å². The third-order valence-corrected chi connectivity index (χ3v) is 4.11. The van der Waals surface area contributed by atoms with Gasteiger partial charge in [0.05, 0.1) is 16.3 Å². The molecule has 2 amide bonds. The Hall–Kier alpha value is -2.11. The van der Waals surface area contributed by atoms with Gasteiger partial charge in [-0.1, -0.05) is 49.2 Å². The molecule has 0 saturated heterocycles. The Morgan fingerprint density at radius 1 is 1.08 bits per heavy atom. The van der Waals surface area contributed by atoms with E-state index in [0.29, 0.717) is 15.7 Å². The third kappa shape index (κ3) is 4.94. The Balaban J connectivity index is 2.17. The van der Waals surface area contributed by atoms with Crippen LogP contribution in [0.5, 0.6) is 0 Å². The molecule has 0 unspecified atom stereocenters. The van der Waals surface area contributed by atoms with E-state index in [0.717, 1.165) is 0 Å². The van der Waals surface area contributed by atoms with Gasteiger partial charge in [0.15, 0.2) is 0 Å². The second-order valence-electron chi connectivity index (χ2n) is 5.79. The molecule has 7 heteroatoms. The highest BCUT2D eigenvalue weighted by atomic mass is 35.5. The summed E-state index contributed by atoms with van der Waals surface area (Å²) in [7, 11) is 0. The summed E-state index contributed by atoms with van der Waals surface area (Å²) in [6, 6.07) is 9.37. The van der Waals surface area contributed by atoms with Crippen LogP contribution in [-0.2, 0) is 4.79 Å². The Labute approximate surface area is 155 Å². The van der Waals surface area contributed by atoms with Crippen molar-refractivity contribution in [2.24, 2.45) is 5.92 Å². The van der Waals surface area contributed by atoms with Gasteiger partial charge in [-0.25, -0.2) is 4.39 Å². The molecule has 2 aromatic rings. The highest BCUT2D eigenvalue weighted by molar-refractivity contribution is 6.35. The van der Waals surface area contributed by atoms with Crippen molar-refractivity contribution in [2.45, 2.75) is 19.9 Å². The first kappa shape index (κ1) is 19.2. The molecule has 0 radical (unpaired) electrons. The zero-order valence-corrected chi connectivity index (χ0v) is 15.2. The molecule has 2 aromatic carbocycles.